The van der Waals surface area contributed by atoms with Crippen LogP contribution in [-0.4, -0.2) is 11.6 Å². The molecule has 3 nitrogen and oxygen atoms in total. The quantitative estimate of drug-likeness (QED) is 0.666. The van der Waals surface area contributed by atoms with E-state index in [-0.39, 0.29) is 5.91 Å². The fraction of sp³-hybridized carbons (Fsp3) is 0.143. The first-order chi connectivity index (χ1) is 8.66. The summed E-state index contributed by atoms with van der Waals surface area (Å²) in [5.41, 5.74) is 5.56. The predicted molar refractivity (Wildman–Crippen MR) is 75.2 cm³/mol. The summed E-state index contributed by atoms with van der Waals surface area (Å²) in [5.74, 6) is -0.170. The molecule has 18 heavy (non-hydrogen) atoms. The molecular formula is C14H14N2OS. The molecule has 2 aromatic rings. The SMILES string of the molecule is C/C(=N/NC(=O)c1cccs1)c1ccc(C)cc1. The average molecular weight is 258 g/mol. The number of nitrogens with one attached hydrogen (secondary N) is 1. The summed E-state index contributed by atoms with van der Waals surface area (Å²) < 4.78 is 0. The molecule has 2 rings (SSSR count). The van der Waals surface area contributed by atoms with Crippen molar-refractivity contribution in [2.75, 3.05) is 0 Å². The molecule has 0 atom stereocenters. The molecule has 92 valence electrons. The van der Waals surface area contributed by atoms with E-state index in [1.54, 1.807) is 6.07 Å². The van der Waals surface area contributed by atoms with Gasteiger partial charge in [-0.15, -0.1) is 11.3 Å². The number of hydrazone groups is 1. The molecule has 0 spiro atoms. The Labute approximate surface area is 110 Å². The van der Waals surface area contributed by atoms with Crippen LogP contribution in [0, 0.1) is 6.92 Å². The Balaban J connectivity index is 2.05. The van der Waals surface area contributed by atoms with Gasteiger partial charge in [0.1, 0.15) is 0 Å². The van der Waals surface area contributed by atoms with Crippen LogP contribution in [0.4, 0.5) is 0 Å². The van der Waals surface area contributed by atoms with E-state index in [0.29, 0.717) is 4.88 Å². The van der Waals surface area contributed by atoms with Crippen molar-refractivity contribution >= 4 is 23.0 Å². The van der Waals surface area contributed by atoms with Gasteiger partial charge in [-0.3, -0.25) is 4.79 Å². The first kappa shape index (κ1) is 12.5. The highest BCUT2D eigenvalue weighted by Crippen LogP contribution is 2.08. The van der Waals surface area contributed by atoms with Gasteiger partial charge in [0, 0.05) is 0 Å². The van der Waals surface area contributed by atoms with E-state index in [2.05, 4.69) is 10.5 Å². The number of benzene rings is 1. The maximum absolute atomic E-state index is 11.7. The molecule has 1 aromatic heterocycles. The number of hydrogen-bond donors (Lipinski definition) is 1. The van der Waals surface area contributed by atoms with Crippen LogP contribution in [0.3, 0.4) is 0 Å². The van der Waals surface area contributed by atoms with Crippen LogP contribution in [0.5, 0.6) is 0 Å². The van der Waals surface area contributed by atoms with Gasteiger partial charge < -0.3 is 0 Å². The lowest BCUT2D eigenvalue weighted by Crippen LogP contribution is -2.18. The number of thiophene rings is 1. The van der Waals surface area contributed by atoms with Gasteiger partial charge in [0.25, 0.3) is 5.91 Å². The van der Waals surface area contributed by atoms with E-state index in [9.17, 15) is 4.79 Å². The molecule has 0 bridgehead atoms. The molecule has 4 heteroatoms. The number of amides is 1. The fourth-order valence-corrected chi connectivity index (χ4v) is 2.07. The van der Waals surface area contributed by atoms with E-state index in [1.165, 1.54) is 16.9 Å². The van der Waals surface area contributed by atoms with Crippen molar-refractivity contribution in [3.8, 4) is 0 Å². The zero-order valence-electron chi connectivity index (χ0n) is 10.3. The number of carbonyl (C=O) groups is 1. The first-order valence-corrected chi connectivity index (χ1v) is 6.50. The Kier molecular flexibility index (Phi) is 3.89. The highest BCUT2D eigenvalue weighted by molar-refractivity contribution is 7.12. The zero-order valence-corrected chi connectivity index (χ0v) is 11.1. The van der Waals surface area contributed by atoms with Crippen LogP contribution in [-0.2, 0) is 0 Å². The molecule has 0 unspecified atom stereocenters. The second-order valence-corrected chi connectivity index (χ2v) is 4.93. The van der Waals surface area contributed by atoms with Gasteiger partial charge in [0.15, 0.2) is 0 Å². The van der Waals surface area contributed by atoms with Crippen LogP contribution < -0.4 is 5.43 Å². The normalized spacial score (nSPS) is 11.3. The lowest BCUT2D eigenvalue weighted by molar-refractivity contribution is 0.0959. The van der Waals surface area contributed by atoms with Crippen LogP contribution in [0.15, 0.2) is 46.9 Å². The van der Waals surface area contributed by atoms with Gasteiger partial charge in [-0.25, -0.2) is 5.43 Å². The standard InChI is InChI=1S/C14H14N2OS/c1-10-5-7-12(8-6-10)11(2)15-16-14(17)13-4-3-9-18-13/h3-9H,1-2H3,(H,16,17)/b15-11-. The third-order valence-electron chi connectivity index (χ3n) is 2.54. The van der Waals surface area contributed by atoms with Crippen LogP contribution in [0.1, 0.15) is 27.7 Å². The fourth-order valence-electron chi connectivity index (χ4n) is 1.46. The molecule has 0 fully saturated rings. The molecule has 0 aliphatic heterocycles. The monoisotopic (exact) mass is 258 g/mol. The summed E-state index contributed by atoms with van der Waals surface area (Å²) in [6.07, 6.45) is 0. The van der Waals surface area contributed by atoms with Crippen molar-refractivity contribution in [2.45, 2.75) is 13.8 Å². The molecule has 0 radical (unpaired) electrons. The second-order valence-electron chi connectivity index (χ2n) is 3.98. The topological polar surface area (TPSA) is 41.5 Å². The lowest BCUT2D eigenvalue weighted by atomic mass is 10.1. The van der Waals surface area contributed by atoms with Crippen LogP contribution in [0.2, 0.25) is 0 Å². The maximum Gasteiger partial charge on any atom is 0.281 e. The van der Waals surface area contributed by atoms with Crippen LogP contribution >= 0.6 is 11.3 Å². The van der Waals surface area contributed by atoms with E-state index < -0.39 is 0 Å². The van der Waals surface area contributed by atoms with E-state index in [4.69, 9.17) is 0 Å². The third kappa shape index (κ3) is 3.05. The second kappa shape index (κ2) is 5.60. The summed E-state index contributed by atoms with van der Waals surface area (Å²) in [6.45, 7) is 3.91. The Hall–Kier alpha value is -1.94. The number of rotatable bonds is 3. The van der Waals surface area contributed by atoms with E-state index in [0.717, 1.165) is 11.3 Å². The van der Waals surface area contributed by atoms with Gasteiger partial charge in [-0.2, -0.15) is 5.10 Å². The first-order valence-electron chi connectivity index (χ1n) is 5.62. The number of hydrogen-bond acceptors (Lipinski definition) is 3. The van der Waals surface area contributed by atoms with Crippen molar-refractivity contribution in [1.29, 1.82) is 0 Å². The van der Waals surface area contributed by atoms with Crippen LogP contribution in [0.25, 0.3) is 0 Å². The lowest BCUT2D eigenvalue weighted by Gasteiger charge is -2.02. The molecule has 0 saturated heterocycles. The molecule has 1 amide bonds. The highest BCUT2D eigenvalue weighted by atomic mass is 32.1. The van der Waals surface area contributed by atoms with Crippen molar-refractivity contribution < 1.29 is 4.79 Å². The zero-order chi connectivity index (χ0) is 13.0. The predicted octanol–water partition coefficient (Wildman–Crippen LogP) is 3.21. The Morgan fingerprint density at radius 1 is 1.22 bits per heavy atom. The van der Waals surface area contributed by atoms with Crippen molar-refractivity contribution in [2.24, 2.45) is 5.10 Å². The molecule has 1 heterocycles. The number of carbonyl (C=O) groups excluding carboxylic acids is 1. The van der Waals surface area contributed by atoms with E-state index >= 15 is 0 Å². The van der Waals surface area contributed by atoms with Gasteiger partial charge in [-0.05, 0) is 30.9 Å². The van der Waals surface area contributed by atoms with Crippen molar-refractivity contribution in [1.82, 2.24) is 5.43 Å². The molecule has 1 N–H and O–H groups in total. The Morgan fingerprint density at radius 2 is 1.94 bits per heavy atom. The highest BCUT2D eigenvalue weighted by Gasteiger charge is 2.05. The molecule has 1 aromatic carbocycles. The molecule has 0 saturated carbocycles. The third-order valence-corrected chi connectivity index (χ3v) is 3.41. The Morgan fingerprint density at radius 3 is 2.56 bits per heavy atom. The Bertz CT molecular complexity index is 556. The summed E-state index contributed by atoms with van der Waals surface area (Å²) in [6, 6.07) is 11.6. The smallest absolute Gasteiger partial charge is 0.266 e. The summed E-state index contributed by atoms with van der Waals surface area (Å²) in [4.78, 5) is 12.4. The maximum atomic E-state index is 11.7. The number of nitrogens with zero attached hydrogens (tertiary/aromatic N) is 1. The van der Waals surface area contributed by atoms with Gasteiger partial charge in [-0.1, -0.05) is 35.9 Å². The van der Waals surface area contributed by atoms with Gasteiger partial charge >= 0.3 is 0 Å². The summed E-state index contributed by atoms with van der Waals surface area (Å²) >= 11 is 1.40. The largest absolute Gasteiger partial charge is 0.281 e. The van der Waals surface area contributed by atoms with Gasteiger partial charge in [0.2, 0.25) is 0 Å². The minimum Gasteiger partial charge on any atom is -0.266 e. The van der Waals surface area contributed by atoms with Crippen molar-refractivity contribution in [3.63, 3.8) is 0 Å². The molecule has 0 aliphatic carbocycles. The summed E-state index contributed by atoms with van der Waals surface area (Å²) in [5, 5.41) is 5.97. The van der Waals surface area contributed by atoms with E-state index in [1.807, 2.05) is 49.6 Å². The number of aryl methyl sites for hydroxylation is 1. The van der Waals surface area contributed by atoms with Gasteiger partial charge in [0.05, 0.1) is 10.6 Å². The average Bonchev–Trinajstić information content (AvgIpc) is 2.90. The minimum atomic E-state index is -0.170. The molecular weight excluding hydrogens is 244 g/mol. The van der Waals surface area contributed by atoms with Crippen molar-refractivity contribution in [3.05, 3.63) is 57.8 Å². The minimum absolute atomic E-state index is 0.170. The molecule has 0 aliphatic rings. The summed E-state index contributed by atoms with van der Waals surface area (Å²) in [7, 11) is 0.